The molecule has 2 amide bonds. The van der Waals surface area contributed by atoms with Crippen molar-refractivity contribution in [3.05, 3.63) is 71.2 Å². The molecule has 136 valence electrons. The molecule has 3 aromatic carbocycles. The molecule has 27 heavy (non-hydrogen) atoms. The summed E-state index contributed by atoms with van der Waals surface area (Å²) in [5.41, 5.74) is 1.41. The third-order valence-corrected chi connectivity index (χ3v) is 4.78. The number of anilines is 1. The summed E-state index contributed by atoms with van der Waals surface area (Å²) < 4.78 is 5.55. The van der Waals surface area contributed by atoms with Gasteiger partial charge in [0.1, 0.15) is 18.9 Å². The van der Waals surface area contributed by atoms with Gasteiger partial charge in [-0.25, -0.2) is 0 Å². The normalized spacial score (nSPS) is 12.5. The first-order valence-corrected chi connectivity index (χ1v) is 9.00. The van der Waals surface area contributed by atoms with Crippen molar-refractivity contribution in [2.24, 2.45) is 0 Å². The summed E-state index contributed by atoms with van der Waals surface area (Å²) in [4.78, 5) is 26.5. The van der Waals surface area contributed by atoms with Gasteiger partial charge < -0.3 is 10.1 Å². The molecule has 1 N–H and O–H groups in total. The standard InChI is InChI=1S/C21H17ClN2O3/c22-16-8-1-2-10-18(16)27-12-11-23-19(25)13-24-17-9-4-6-14-5-3-7-15(20(14)17)21(24)26/h1-10H,11-13H2,(H,23,25). The van der Waals surface area contributed by atoms with Crippen LogP contribution in [0.3, 0.4) is 0 Å². The summed E-state index contributed by atoms with van der Waals surface area (Å²) in [6.07, 6.45) is 0. The van der Waals surface area contributed by atoms with Gasteiger partial charge in [-0.2, -0.15) is 0 Å². The predicted molar refractivity (Wildman–Crippen MR) is 106 cm³/mol. The van der Waals surface area contributed by atoms with Crippen LogP contribution in [-0.2, 0) is 4.79 Å². The molecule has 0 saturated heterocycles. The van der Waals surface area contributed by atoms with Gasteiger partial charge in [-0.05, 0) is 29.7 Å². The Balaban J connectivity index is 1.36. The Bertz CT molecular complexity index is 1030. The first-order valence-electron chi connectivity index (χ1n) is 8.63. The van der Waals surface area contributed by atoms with Crippen LogP contribution in [0.1, 0.15) is 10.4 Å². The largest absolute Gasteiger partial charge is 0.490 e. The lowest BCUT2D eigenvalue weighted by molar-refractivity contribution is -0.119. The molecular weight excluding hydrogens is 364 g/mol. The molecule has 3 aromatic rings. The maximum absolute atomic E-state index is 12.7. The van der Waals surface area contributed by atoms with Crippen molar-refractivity contribution in [2.75, 3.05) is 24.6 Å². The third kappa shape index (κ3) is 3.34. The average molecular weight is 381 g/mol. The summed E-state index contributed by atoms with van der Waals surface area (Å²) in [5.74, 6) is 0.186. The van der Waals surface area contributed by atoms with Crippen LogP contribution in [0.4, 0.5) is 5.69 Å². The number of halogens is 1. The minimum atomic E-state index is -0.240. The Morgan fingerprint density at radius 3 is 2.63 bits per heavy atom. The molecule has 5 nitrogen and oxygen atoms in total. The Morgan fingerprint density at radius 1 is 1.04 bits per heavy atom. The molecule has 1 heterocycles. The van der Waals surface area contributed by atoms with Gasteiger partial charge in [0, 0.05) is 10.9 Å². The average Bonchev–Trinajstić information content (AvgIpc) is 2.95. The van der Waals surface area contributed by atoms with E-state index in [4.69, 9.17) is 16.3 Å². The Morgan fingerprint density at radius 2 is 1.81 bits per heavy atom. The van der Waals surface area contributed by atoms with Gasteiger partial charge in [-0.15, -0.1) is 0 Å². The van der Waals surface area contributed by atoms with Crippen molar-refractivity contribution < 1.29 is 14.3 Å². The summed E-state index contributed by atoms with van der Waals surface area (Å²) in [5, 5.41) is 5.20. The van der Waals surface area contributed by atoms with Gasteiger partial charge in [0.25, 0.3) is 5.91 Å². The van der Waals surface area contributed by atoms with E-state index < -0.39 is 0 Å². The van der Waals surface area contributed by atoms with E-state index in [0.29, 0.717) is 29.5 Å². The number of rotatable bonds is 6. The van der Waals surface area contributed by atoms with Gasteiger partial charge >= 0.3 is 0 Å². The SMILES string of the molecule is O=C(CN1C(=O)c2cccc3cccc1c23)NCCOc1ccccc1Cl. The second-order valence-electron chi connectivity index (χ2n) is 6.20. The molecule has 0 fully saturated rings. The van der Waals surface area contributed by atoms with E-state index in [-0.39, 0.29) is 18.4 Å². The van der Waals surface area contributed by atoms with Gasteiger partial charge in [0.15, 0.2) is 0 Å². The fourth-order valence-electron chi connectivity index (χ4n) is 3.25. The first kappa shape index (κ1) is 17.4. The molecule has 0 aromatic heterocycles. The number of benzene rings is 3. The topological polar surface area (TPSA) is 58.6 Å². The van der Waals surface area contributed by atoms with Gasteiger partial charge in [-0.1, -0.05) is 48.0 Å². The molecule has 0 aliphatic carbocycles. The fourth-order valence-corrected chi connectivity index (χ4v) is 3.44. The summed E-state index contributed by atoms with van der Waals surface area (Å²) in [7, 11) is 0. The smallest absolute Gasteiger partial charge is 0.259 e. The van der Waals surface area contributed by atoms with Gasteiger partial charge in [0.05, 0.1) is 17.3 Å². The van der Waals surface area contributed by atoms with Crippen LogP contribution < -0.4 is 15.0 Å². The molecule has 0 saturated carbocycles. The fraction of sp³-hybridized carbons (Fsp3) is 0.143. The van der Waals surface area contributed by atoms with Crippen molar-refractivity contribution in [3.63, 3.8) is 0 Å². The number of nitrogens with zero attached hydrogens (tertiary/aromatic N) is 1. The number of hydrogen-bond donors (Lipinski definition) is 1. The van der Waals surface area contributed by atoms with E-state index >= 15 is 0 Å². The number of nitrogens with one attached hydrogen (secondary N) is 1. The summed E-state index contributed by atoms with van der Waals surface area (Å²) in [6, 6.07) is 18.5. The van der Waals surface area contributed by atoms with Crippen LogP contribution in [0.15, 0.2) is 60.7 Å². The number of ether oxygens (including phenoxy) is 1. The molecule has 0 bridgehead atoms. The highest BCUT2D eigenvalue weighted by molar-refractivity contribution is 6.32. The van der Waals surface area contributed by atoms with Crippen molar-refractivity contribution in [2.45, 2.75) is 0 Å². The van der Waals surface area contributed by atoms with Crippen molar-refractivity contribution in [1.82, 2.24) is 5.32 Å². The van der Waals surface area contributed by atoms with E-state index in [1.165, 1.54) is 4.90 Å². The molecule has 1 aliphatic rings. The maximum Gasteiger partial charge on any atom is 0.259 e. The Kier molecular flexibility index (Phi) is 4.69. The van der Waals surface area contributed by atoms with Crippen molar-refractivity contribution >= 4 is 39.9 Å². The van der Waals surface area contributed by atoms with Crippen LogP contribution >= 0.6 is 11.6 Å². The molecular formula is C21H17ClN2O3. The molecule has 6 heteroatoms. The summed E-state index contributed by atoms with van der Waals surface area (Å²) in [6.45, 7) is 0.585. The zero-order chi connectivity index (χ0) is 18.8. The molecule has 1 aliphatic heterocycles. The number of amides is 2. The van der Waals surface area contributed by atoms with Gasteiger partial charge in [-0.3, -0.25) is 14.5 Å². The van der Waals surface area contributed by atoms with E-state index in [1.54, 1.807) is 18.2 Å². The minimum Gasteiger partial charge on any atom is -0.490 e. The highest BCUT2D eigenvalue weighted by Gasteiger charge is 2.30. The number of para-hydroxylation sites is 1. The predicted octanol–water partition coefficient (Wildman–Crippen LogP) is 3.65. The maximum atomic E-state index is 12.7. The minimum absolute atomic E-state index is 0.0290. The summed E-state index contributed by atoms with van der Waals surface area (Å²) >= 11 is 6.02. The zero-order valence-electron chi connectivity index (χ0n) is 14.4. The highest BCUT2D eigenvalue weighted by atomic mass is 35.5. The number of carbonyl (C=O) groups excluding carboxylic acids is 2. The van der Waals surface area contributed by atoms with Crippen molar-refractivity contribution in [3.8, 4) is 5.75 Å². The zero-order valence-corrected chi connectivity index (χ0v) is 15.2. The number of hydrogen-bond acceptors (Lipinski definition) is 3. The third-order valence-electron chi connectivity index (χ3n) is 4.47. The lowest BCUT2D eigenvalue weighted by Gasteiger charge is -2.17. The lowest BCUT2D eigenvalue weighted by atomic mass is 10.1. The van der Waals surface area contributed by atoms with Crippen LogP contribution in [0.5, 0.6) is 5.75 Å². The van der Waals surface area contributed by atoms with Crippen LogP contribution in [0.25, 0.3) is 10.8 Å². The molecule has 0 atom stereocenters. The van der Waals surface area contributed by atoms with E-state index in [1.807, 2.05) is 42.5 Å². The van der Waals surface area contributed by atoms with E-state index in [0.717, 1.165) is 16.5 Å². The van der Waals surface area contributed by atoms with Crippen molar-refractivity contribution in [1.29, 1.82) is 0 Å². The van der Waals surface area contributed by atoms with Crippen LogP contribution in [0.2, 0.25) is 5.02 Å². The Hall–Kier alpha value is -3.05. The molecule has 0 radical (unpaired) electrons. The molecule has 4 rings (SSSR count). The number of carbonyl (C=O) groups is 2. The monoisotopic (exact) mass is 380 g/mol. The quantitative estimate of drug-likeness (QED) is 0.664. The van der Waals surface area contributed by atoms with Gasteiger partial charge in [0.2, 0.25) is 5.91 Å². The van der Waals surface area contributed by atoms with E-state index in [9.17, 15) is 9.59 Å². The Labute approximate surface area is 161 Å². The second kappa shape index (κ2) is 7.29. The molecule has 0 unspecified atom stereocenters. The highest BCUT2D eigenvalue weighted by Crippen LogP contribution is 2.36. The second-order valence-corrected chi connectivity index (χ2v) is 6.61. The van der Waals surface area contributed by atoms with E-state index in [2.05, 4.69) is 5.32 Å². The van der Waals surface area contributed by atoms with Crippen LogP contribution in [-0.4, -0.2) is 31.5 Å². The first-order chi connectivity index (χ1) is 13.1. The van der Waals surface area contributed by atoms with Crippen LogP contribution in [0, 0.1) is 0 Å². The molecule has 0 spiro atoms. The lowest BCUT2D eigenvalue weighted by Crippen LogP contribution is -2.40.